The molecule has 0 amide bonds. The van der Waals surface area contributed by atoms with Crippen LogP contribution in [0.5, 0.6) is 23.8 Å². The first-order valence-corrected chi connectivity index (χ1v) is 11.1. The van der Waals surface area contributed by atoms with Crippen molar-refractivity contribution in [2.45, 2.75) is 12.5 Å². The average molecular weight is 528 g/mol. The number of thiocarbonyl (C=S) groups is 1. The van der Waals surface area contributed by atoms with Gasteiger partial charge in [0, 0.05) is 13.1 Å². The van der Waals surface area contributed by atoms with E-state index < -0.39 is 12.5 Å². The van der Waals surface area contributed by atoms with Gasteiger partial charge in [0.25, 0.3) is 0 Å². The van der Waals surface area contributed by atoms with E-state index in [9.17, 15) is 13.2 Å². The number of para-hydroxylation sites is 2. The van der Waals surface area contributed by atoms with Gasteiger partial charge in [0.15, 0.2) is 10.9 Å². The predicted octanol–water partition coefficient (Wildman–Crippen LogP) is 3.38. The quantitative estimate of drug-likeness (QED) is 0.344. The molecule has 0 spiro atoms. The molecule has 0 saturated carbocycles. The first-order chi connectivity index (χ1) is 17.3. The molecule has 1 aromatic carbocycles. The second-order valence-electron chi connectivity index (χ2n) is 7.11. The summed E-state index contributed by atoms with van der Waals surface area (Å²) in [5, 5.41) is 3.02. The maximum Gasteiger partial charge on any atom is 0.573 e. The number of aromatic nitrogens is 3. The number of nitrogens with zero attached hydrogens (tertiary/aromatic N) is 4. The fourth-order valence-electron chi connectivity index (χ4n) is 2.93. The summed E-state index contributed by atoms with van der Waals surface area (Å²) < 4.78 is 64.2. The van der Waals surface area contributed by atoms with E-state index in [1.54, 1.807) is 11.0 Å². The van der Waals surface area contributed by atoms with Gasteiger partial charge < -0.3 is 33.9 Å². The van der Waals surface area contributed by atoms with Crippen LogP contribution in [0.1, 0.15) is 0 Å². The van der Waals surface area contributed by atoms with E-state index in [0.717, 1.165) is 0 Å². The number of morpholine rings is 1. The number of nitrogens with one attached hydrogen (secondary N) is 1. The van der Waals surface area contributed by atoms with Crippen molar-refractivity contribution in [3.05, 3.63) is 49.6 Å². The summed E-state index contributed by atoms with van der Waals surface area (Å²) in [6.07, 6.45) is -2.21. The molecular formula is C22H24F3N5O5S. The van der Waals surface area contributed by atoms with Crippen molar-refractivity contribution in [2.75, 3.05) is 44.8 Å². The van der Waals surface area contributed by atoms with Crippen LogP contribution >= 0.6 is 12.2 Å². The average Bonchev–Trinajstić information content (AvgIpc) is 2.85. The van der Waals surface area contributed by atoms with E-state index in [-0.39, 0.29) is 54.4 Å². The van der Waals surface area contributed by atoms with Gasteiger partial charge in [-0.25, -0.2) is 0 Å². The van der Waals surface area contributed by atoms with Gasteiger partial charge in [0.1, 0.15) is 25.9 Å². The van der Waals surface area contributed by atoms with Crippen LogP contribution in [0.25, 0.3) is 0 Å². The lowest BCUT2D eigenvalue weighted by Crippen LogP contribution is -2.49. The zero-order valence-electron chi connectivity index (χ0n) is 19.1. The van der Waals surface area contributed by atoms with E-state index in [2.05, 4.69) is 38.2 Å². The van der Waals surface area contributed by atoms with E-state index in [4.69, 9.17) is 31.2 Å². The van der Waals surface area contributed by atoms with Gasteiger partial charge in [-0.1, -0.05) is 37.4 Å². The fourth-order valence-corrected chi connectivity index (χ4v) is 3.21. The molecule has 1 fully saturated rings. The molecule has 2 heterocycles. The number of hydrogen-bond acceptors (Lipinski definition) is 9. The Morgan fingerprint density at radius 3 is 2.31 bits per heavy atom. The van der Waals surface area contributed by atoms with Crippen LogP contribution in [0.3, 0.4) is 0 Å². The topological polar surface area (TPSA) is 100 Å². The molecule has 3 rings (SSSR count). The van der Waals surface area contributed by atoms with Crippen LogP contribution in [-0.4, -0.2) is 76.9 Å². The SMILES string of the molecule is C=CCOc1nc(OCC=C)nc(OCC2CN(C(=S)Nc3ccccc3OC(F)(F)F)CCO2)n1. The van der Waals surface area contributed by atoms with E-state index >= 15 is 0 Å². The Hall–Kier alpha value is -3.65. The molecular weight excluding hydrogens is 503 g/mol. The van der Waals surface area contributed by atoms with Gasteiger partial charge in [-0.2, -0.15) is 0 Å². The third-order valence-corrected chi connectivity index (χ3v) is 4.77. The number of hydrogen-bond donors (Lipinski definition) is 1. The highest BCUT2D eigenvalue weighted by Gasteiger charge is 2.32. The molecule has 2 aromatic rings. The minimum atomic E-state index is -4.83. The summed E-state index contributed by atoms with van der Waals surface area (Å²) in [6.45, 7) is 8.59. The second kappa shape index (κ2) is 12.9. The van der Waals surface area contributed by atoms with Crippen LogP contribution in [0, 0.1) is 0 Å². The fraction of sp³-hybridized carbons (Fsp3) is 0.364. The molecule has 0 bridgehead atoms. The molecule has 1 N–H and O–H groups in total. The number of alkyl halides is 3. The summed E-state index contributed by atoms with van der Waals surface area (Å²) in [5.41, 5.74) is 0.0865. The molecule has 10 nitrogen and oxygen atoms in total. The van der Waals surface area contributed by atoms with E-state index in [1.807, 2.05) is 0 Å². The highest BCUT2D eigenvalue weighted by molar-refractivity contribution is 7.80. The van der Waals surface area contributed by atoms with Gasteiger partial charge >= 0.3 is 24.4 Å². The molecule has 36 heavy (non-hydrogen) atoms. The van der Waals surface area contributed by atoms with Crippen LogP contribution in [-0.2, 0) is 4.74 Å². The van der Waals surface area contributed by atoms with Gasteiger partial charge in [0.05, 0.1) is 12.3 Å². The van der Waals surface area contributed by atoms with Crippen molar-refractivity contribution < 1.29 is 36.9 Å². The number of anilines is 1. The Morgan fingerprint density at radius 1 is 1.08 bits per heavy atom. The third-order valence-electron chi connectivity index (χ3n) is 4.41. The maximum absolute atomic E-state index is 12.7. The van der Waals surface area contributed by atoms with Crippen LogP contribution < -0.4 is 24.3 Å². The van der Waals surface area contributed by atoms with Crippen molar-refractivity contribution in [1.82, 2.24) is 19.9 Å². The van der Waals surface area contributed by atoms with Gasteiger partial charge in [-0.3, -0.25) is 0 Å². The number of halogens is 3. The number of ether oxygens (including phenoxy) is 5. The molecule has 194 valence electrons. The summed E-state index contributed by atoms with van der Waals surface area (Å²) in [4.78, 5) is 13.9. The van der Waals surface area contributed by atoms with Crippen molar-refractivity contribution in [3.63, 3.8) is 0 Å². The van der Waals surface area contributed by atoms with Gasteiger partial charge in [-0.15, -0.1) is 28.1 Å². The van der Waals surface area contributed by atoms with E-state index in [1.165, 1.54) is 30.4 Å². The summed E-state index contributed by atoms with van der Waals surface area (Å²) >= 11 is 5.40. The normalized spacial score (nSPS) is 15.5. The molecule has 1 aliphatic rings. The zero-order valence-corrected chi connectivity index (χ0v) is 19.9. The Bertz CT molecular complexity index is 1030. The molecule has 0 aliphatic carbocycles. The monoisotopic (exact) mass is 527 g/mol. The molecule has 0 radical (unpaired) electrons. The standard InChI is InChI=1S/C22H24F3N5O5S/c1-3-10-32-18-27-19(33-11-4-2)29-20(28-18)34-14-15-13-30(9-12-31-15)21(36)26-16-7-5-6-8-17(16)35-22(23,24)25/h3-8,15H,1-2,9-14H2,(H,26,36). The lowest BCUT2D eigenvalue weighted by molar-refractivity contribution is -0.274. The Balaban J connectivity index is 1.60. The first-order valence-electron chi connectivity index (χ1n) is 10.7. The molecule has 1 aromatic heterocycles. The van der Waals surface area contributed by atoms with Crippen molar-refractivity contribution in [3.8, 4) is 23.8 Å². The highest BCUT2D eigenvalue weighted by atomic mass is 32.1. The first kappa shape index (κ1) is 26.9. The van der Waals surface area contributed by atoms with Gasteiger partial charge in [-0.05, 0) is 24.4 Å². The minimum absolute atomic E-state index is 0.00438. The van der Waals surface area contributed by atoms with Crippen molar-refractivity contribution in [1.29, 1.82) is 0 Å². The summed E-state index contributed by atoms with van der Waals surface area (Å²) in [7, 11) is 0. The van der Waals surface area contributed by atoms with Crippen molar-refractivity contribution >= 4 is 23.0 Å². The molecule has 14 heteroatoms. The lowest BCUT2D eigenvalue weighted by atomic mass is 10.3. The van der Waals surface area contributed by atoms with Crippen LogP contribution in [0.15, 0.2) is 49.6 Å². The molecule has 1 aliphatic heterocycles. The van der Waals surface area contributed by atoms with Crippen LogP contribution in [0.2, 0.25) is 0 Å². The highest BCUT2D eigenvalue weighted by Crippen LogP contribution is 2.30. The third kappa shape index (κ3) is 8.53. The zero-order chi connectivity index (χ0) is 26.0. The van der Waals surface area contributed by atoms with E-state index in [0.29, 0.717) is 19.7 Å². The predicted molar refractivity (Wildman–Crippen MR) is 127 cm³/mol. The Morgan fingerprint density at radius 2 is 1.69 bits per heavy atom. The second-order valence-corrected chi connectivity index (χ2v) is 7.49. The molecule has 1 saturated heterocycles. The number of benzene rings is 1. The smallest absolute Gasteiger partial charge is 0.460 e. The van der Waals surface area contributed by atoms with Crippen molar-refractivity contribution in [2.24, 2.45) is 0 Å². The largest absolute Gasteiger partial charge is 0.573 e. The number of rotatable bonds is 11. The minimum Gasteiger partial charge on any atom is -0.460 e. The lowest BCUT2D eigenvalue weighted by Gasteiger charge is -2.34. The summed E-state index contributed by atoms with van der Waals surface area (Å²) in [5.74, 6) is -0.390. The molecule has 1 unspecified atom stereocenters. The van der Waals surface area contributed by atoms with Crippen LogP contribution in [0.4, 0.5) is 18.9 Å². The Kier molecular flexibility index (Phi) is 9.64. The van der Waals surface area contributed by atoms with Gasteiger partial charge in [0.2, 0.25) is 0 Å². The Labute approximate surface area is 210 Å². The maximum atomic E-state index is 12.7. The molecule has 1 atom stereocenters. The summed E-state index contributed by atoms with van der Waals surface area (Å²) in [6, 6.07) is 5.59.